The quantitative estimate of drug-likeness (QED) is 0.778. The normalized spacial score (nSPS) is 12.1. The number of ketones is 1. The van der Waals surface area contributed by atoms with Crippen molar-refractivity contribution >= 4 is 11.8 Å². The summed E-state index contributed by atoms with van der Waals surface area (Å²) in [5, 5.41) is 8.69. The number of hydrogen-bond donors (Lipinski definition) is 0. The molecular formula is C16H19NO4. The summed E-state index contributed by atoms with van der Waals surface area (Å²) in [4.78, 5) is 23.4. The Bertz CT molecular complexity index is 549. The second-order valence-corrected chi connectivity index (χ2v) is 5.68. The fourth-order valence-electron chi connectivity index (χ4n) is 1.33. The molecule has 0 heterocycles. The van der Waals surface area contributed by atoms with Crippen molar-refractivity contribution in [1.29, 1.82) is 5.26 Å². The maximum Gasteiger partial charge on any atom is 0.347 e. The van der Waals surface area contributed by atoms with Gasteiger partial charge in [-0.05, 0) is 31.2 Å². The molecular weight excluding hydrogens is 270 g/mol. The monoisotopic (exact) mass is 289 g/mol. The smallest absolute Gasteiger partial charge is 0.347 e. The summed E-state index contributed by atoms with van der Waals surface area (Å²) < 4.78 is 10.3. The van der Waals surface area contributed by atoms with Crippen molar-refractivity contribution in [3.05, 3.63) is 29.8 Å². The second-order valence-electron chi connectivity index (χ2n) is 5.68. The molecule has 5 nitrogen and oxygen atoms in total. The Hall–Kier alpha value is -2.35. The van der Waals surface area contributed by atoms with Gasteiger partial charge in [-0.1, -0.05) is 20.8 Å². The summed E-state index contributed by atoms with van der Waals surface area (Å²) in [5.74, 6) is -0.293. The SMILES string of the molecule is C[C@H](Oc1ccc(C#N)cc1)C(=O)OCC(=O)C(C)(C)C. The first kappa shape index (κ1) is 16.7. The van der Waals surface area contributed by atoms with Crippen LogP contribution in [0.1, 0.15) is 33.3 Å². The summed E-state index contributed by atoms with van der Waals surface area (Å²) in [6.07, 6.45) is -0.828. The first-order valence-electron chi connectivity index (χ1n) is 6.61. The van der Waals surface area contributed by atoms with Crippen molar-refractivity contribution in [2.24, 2.45) is 5.41 Å². The highest BCUT2D eigenvalue weighted by Crippen LogP contribution is 2.16. The standard InChI is InChI=1S/C16H19NO4/c1-11(15(19)20-10-14(18)16(2,3)4)21-13-7-5-12(9-17)6-8-13/h5-8,11H,10H2,1-4H3/t11-/m0/s1. The molecule has 0 saturated carbocycles. The molecule has 21 heavy (non-hydrogen) atoms. The molecule has 0 aliphatic carbocycles. The number of esters is 1. The number of nitriles is 1. The van der Waals surface area contributed by atoms with Crippen LogP contribution in [-0.2, 0) is 14.3 Å². The van der Waals surface area contributed by atoms with Crippen LogP contribution in [0.25, 0.3) is 0 Å². The van der Waals surface area contributed by atoms with E-state index in [1.165, 1.54) is 0 Å². The molecule has 0 aromatic heterocycles. The number of benzene rings is 1. The van der Waals surface area contributed by atoms with Crippen molar-refractivity contribution in [3.63, 3.8) is 0 Å². The Morgan fingerprint density at radius 3 is 2.29 bits per heavy atom. The molecule has 0 saturated heterocycles. The van der Waals surface area contributed by atoms with Gasteiger partial charge in [0.05, 0.1) is 11.6 Å². The molecule has 0 aliphatic rings. The average Bonchev–Trinajstić information content (AvgIpc) is 2.44. The number of carbonyl (C=O) groups excluding carboxylic acids is 2. The van der Waals surface area contributed by atoms with Crippen LogP contribution in [0, 0.1) is 16.7 Å². The third-order valence-electron chi connectivity index (χ3n) is 2.81. The number of ether oxygens (including phenoxy) is 2. The zero-order chi connectivity index (χ0) is 16.0. The van der Waals surface area contributed by atoms with E-state index in [-0.39, 0.29) is 12.4 Å². The molecule has 0 unspecified atom stereocenters. The molecule has 0 aliphatic heterocycles. The van der Waals surface area contributed by atoms with Gasteiger partial charge in [-0.15, -0.1) is 0 Å². The molecule has 0 N–H and O–H groups in total. The minimum atomic E-state index is -0.828. The van der Waals surface area contributed by atoms with Gasteiger partial charge in [0.2, 0.25) is 0 Å². The van der Waals surface area contributed by atoms with Gasteiger partial charge in [0.15, 0.2) is 18.5 Å². The molecule has 0 spiro atoms. The Morgan fingerprint density at radius 1 is 1.24 bits per heavy atom. The summed E-state index contributed by atoms with van der Waals surface area (Å²) in [6.45, 7) is 6.57. The van der Waals surface area contributed by atoms with E-state index >= 15 is 0 Å². The van der Waals surface area contributed by atoms with E-state index in [1.54, 1.807) is 52.0 Å². The maximum atomic E-state index is 11.8. The van der Waals surface area contributed by atoms with Crippen molar-refractivity contribution in [2.75, 3.05) is 6.61 Å². The van der Waals surface area contributed by atoms with E-state index in [0.717, 1.165) is 0 Å². The third kappa shape index (κ3) is 5.27. The highest BCUT2D eigenvalue weighted by atomic mass is 16.6. The lowest BCUT2D eigenvalue weighted by Crippen LogP contribution is -2.31. The molecule has 112 valence electrons. The van der Waals surface area contributed by atoms with Gasteiger partial charge < -0.3 is 9.47 Å². The minimum Gasteiger partial charge on any atom is -0.479 e. The molecule has 0 bridgehead atoms. The molecule has 0 amide bonds. The van der Waals surface area contributed by atoms with Crippen LogP contribution in [0.4, 0.5) is 0 Å². The van der Waals surface area contributed by atoms with Crippen molar-refractivity contribution in [2.45, 2.75) is 33.8 Å². The lowest BCUT2D eigenvalue weighted by molar-refractivity contribution is -0.155. The molecule has 0 radical (unpaired) electrons. The zero-order valence-electron chi connectivity index (χ0n) is 12.7. The van der Waals surface area contributed by atoms with Crippen LogP contribution in [0.2, 0.25) is 0 Å². The van der Waals surface area contributed by atoms with Crippen molar-refractivity contribution < 1.29 is 19.1 Å². The Kier molecular flexibility index (Phi) is 5.48. The fourth-order valence-corrected chi connectivity index (χ4v) is 1.33. The second kappa shape index (κ2) is 6.89. The van der Waals surface area contributed by atoms with Gasteiger partial charge in [-0.2, -0.15) is 5.26 Å². The maximum absolute atomic E-state index is 11.8. The van der Waals surface area contributed by atoms with Gasteiger partial charge in [0.1, 0.15) is 5.75 Å². The summed E-state index contributed by atoms with van der Waals surface area (Å²) >= 11 is 0. The predicted octanol–water partition coefficient (Wildman–Crippen LogP) is 2.48. The largest absolute Gasteiger partial charge is 0.479 e. The predicted molar refractivity (Wildman–Crippen MR) is 76.7 cm³/mol. The van der Waals surface area contributed by atoms with Crippen LogP contribution in [0.3, 0.4) is 0 Å². The number of rotatable bonds is 5. The van der Waals surface area contributed by atoms with Crippen LogP contribution in [0.15, 0.2) is 24.3 Å². The minimum absolute atomic E-state index is 0.151. The Labute approximate surface area is 124 Å². The van der Waals surface area contributed by atoms with Gasteiger partial charge >= 0.3 is 5.97 Å². The lowest BCUT2D eigenvalue weighted by atomic mass is 9.91. The Balaban J connectivity index is 2.51. The molecule has 0 fully saturated rings. The van der Waals surface area contributed by atoms with E-state index in [4.69, 9.17) is 14.7 Å². The topological polar surface area (TPSA) is 76.4 Å². The summed E-state index contributed by atoms with van der Waals surface area (Å²) in [5.41, 5.74) is -0.0364. The lowest BCUT2D eigenvalue weighted by Gasteiger charge is -2.18. The molecule has 1 rings (SSSR count). The number of Topliss-reactive ketones (excluding diaryl/α,β-unsaturated/α-hetero) is 1. The van der Waals surface area contributed by atoms with E-state index in [0.29, 0.717) is 11.3 Å². The van der Waals surface area contributed by atoms with Gasteiger partial charge in [-0.3, -0.25) is 4.79 Å². The third-order valence-corrected chi connectivity index (χ3v) is 2.81. The van der Waals surface area contributed by atoms with E-state index < -0.39 is 17.5 Å². The van der Waals surface area contributed by atoms with Gasteiger partial charge in [0.25, 0.3) is 0 Å². The number of carbonyl (C=O) groups is 2. The Morgan fingerprint density at radius 2 is 1.81 bits per heavy atom. The summed E-state index contributed by atoms with van der Waals surface area (Å²) in [7, 11) is 0. The van der Waals surface area contributed by atoms with Crippen molar-refractivity contribution in [1.82, 2.24) is 0 Å². The van der Waals surface area contributed by atoms with E-state index in [2.05, 4.69) is 0 Å². The zero-order valence-corrected chi connectivity index (χ0v) is 12.7. The molecule has 1 atom stereocenters. The van der Waals surface area contributed by atoms with Gasteiger partial charge in [0, 0.05) is 5.41 Å². The fraction of sp³-hybridized carbons (Fsp3) is 0.438. The van der Waals surface area contributed by atoms with E-state index in [1.807, 2.05) is 6.07 Å². The van der Waals surface area contributed by atoms with Crippen LogP contribution in [0.5, 0.6) is 5.75 Å². The molecule has 1 aromatic rings. The highest BCUT2D eigenvalue weighted by Gasteiger charge is 2.24. The van der Waals surface area contributed by atoms with E-state index in [9.17, 15) is 9.59 Å². The van der Waals surface area contributed by atoms with Crippen LogP contribution < -0.4 is 4.74 Å². The highest BCUT2D eigenvalue weighted by molar-refractivity contribution is 5.87. The molecule has 1 aromatic carbocycles. The average molecular weight is 289 g/mol. The number of nitrogens with zero attached hydrogens (tertiary/aromatic N) is 1. The van der Waals surface area contributed by atoms with Crippen LogP contribution in [-0.4, -0.2) is 24.5 Å². The number of hydrogen-bond acceptors (Lipinski definition) is 5. The molecule has 5 heteroatoms. The van der Waals surface area contributed by atoms with Crippen LogP contribution >= 0.6 is 0 Å². The first-order chi connectivity index (χ1) is 9.74. The first-order valence-corrected chi connectivity index (χ1v) is 6.61. The summed E-state index contributed by atoms with van der Waals surface area (Å²) in [6, 6.07) is 8.38. The van der Waals surface area contributed by atoms with Gasteiger partial charge in [-0.25, -0.2) is 4.79 Å². The van der Waals surface area contributed by atoms with Crippen molar-refractivity contribution in [3.8, 4) is 11.8 Å².